The summed E-state index contributed by atoms with van der Waals surface area (Å²) in [6.07, 6.45) is 0.414. The second-order valence-electron chi connectivity index (χ2n) is 5.47. The molecule has 0 fully saturated rings. The fourth-order valence-electron chi connectivity index (χ4n) is 2.24. The molecule has 0 aliphatic rings. The number of methoxy groups -OCH3 is 1. The van der Waals surface area contributed by atoms with Crippen LogP contribution < -0.4 is 15.6 Å². The number of aromatic amines is 1. The molecule has 2 N–H and O–H groups in total. The number of aryl methyl sites for hydroxylation is 1. The van der Waals surface area contributed by atoms with Crippen molar-refractivity contribution in [2.45, 2.75) is 13.3 Å². The van der Waals surface area contributed by atoms with Gasteiger partial charge in [-0.15, -0.1) is 10.2 Å². The Morgan fingerprint density at radius 2 is 1.75 bits per heavy atom. The van der Waals surface area contributed by atoms with Crippen LogP contribution in [-0.2, 0) is 6.42 Å². The lowest BCUT2D eigenvalue weighted by molar-refractivity contribution is 0.414. The van der Waals surface area contributed by atoms with Crippen molar-refractivity contribution in [1.82, 2.24) is 15.2 Å². The van der Waals surface area contributed by atoms with Gasteiger partial charge in [-0.25, -0.2) is 0 Å². The average Bonchev–Trinajstić information content (AvgIpc) is 2.60. The van der Waals surface area contributed by atoms with Crippen molar-refractivity contribution in [2.24, 2.45) is 0 Å². The van der Waals surface area contributed by atoms with Gasteiger partial charge in [0.05, 0.1) is 7.11 Å². The summed E-state index contributed by atoms with van der Waals surface area (Å²) >= 11 is 0. The first-order chi connectivity index (χ1) is 11.6. The summed E-state index contributed by atoms with van der Waals surface area (Å²) in [5.74, 6) is 1.10. The Balaban J connectivity index is 1.74. The molecule has 2 aromatic carbocycles. The number of hydrogen-bond donors (Lipinski definition) is 2. The molecule has 3 rings (SSSR count). The van der Waals surface area contributed by atoms with Crippen molar-refractivity contribution in [1.29, 1.82) is 0 Å². The van der Waals surface area contributed by atoms with E-state index >= 15 is 0 Å². The van der Waals surface area contributed by atoms with Crippen molar-refractivity contribution in [3.8, 4) is 5.75 Å². The van der Waals surface area contributed by atoms with Crippen LogP contribution in [0.5, 0.6) is 5.75 Å². The van der Waals surface area contributed by atoms with Gasteiger partial charge in [0.2, 0.25) is 5.95 Å². The van der Waals surface area contributed by atoms with Crippen LogP contribution in [-0.4, -0.2) is 22.3 Å². The molecule has 0 spiro atoms. The molecule has 0 radical (unpaired) electrons. The smallest absolute Gasteiger partial charge is 0.274 e. The van der Waals surface area contributed by atoms with Gasteiger partial charge in [-0.1, -0.05) is 29.8 Å². The van der Waals surface area contributed by atoms with Gasteiger partial charge in [0, 0.05) is 12.1 Å². The Morgan fingerprint density at radius 1 is 1.04 bits per heavy atom. The average molecular weight is 322 g/mol. The zero-order valence-electron chi connectivity index (χ0n) is 13.5. The number of aromatic nitrogens is 3. The lowest BCUT2D eigenvalue weighted by Gasteiger charge is -2.06. The van der Waals surface area contributed by atoms with E-state index in [-0.39, 0.29) is 5.56 Å². The maximum Gasteiger partial charge on any atom is 0.274 e. The van der Waals surface area contributed by atoms with Crippen LogP contribution in [0.2, 0.25) is 0 Å². The second kappa shape index (κ2) is 6.95. The first-order valence-electron chi connectivity index (χ1n) is 7.56. The zero-order chi connectivity index (χ0) is 16.9. The SMILES string of the molecule is COc1ccc(Cc2nnc(Nc3ccc(C)cc3)[nH]c2=O)cc1. The van der Waals surface area contributed by atoms with Crippen LogP contribution in [0.1, 0.15) is 16.8 Å². The second-order valence-corrected chi connectivity index (χ2v) is 5.47. The minimum absolute atomic E-state index is 0.254. The molecule has 0 unspecified atom stereocenters. The van der Waals surface area contributed by atoms with Crippen LogP contribution in [0.15, 0.2) is 53.3 Å². The highest BCUT2D eigenvalue weighted by Crippen LogP contribution is 2.14. The van der Waals surface area contributed by atoms with Crippen molar-refractivity contribution >= 4 is 11.6 Å². The van der Waals surface area contributed by atoms with Gasteiger partial charge in [0.15, 0.2) is 0 Å². The van der Waals surface area contributed by atoms with Crippen molar-refractivity contribution < 1.29 is 4.74 Å². The molecule has 0 aliphatic carbocycles. The molecular weight excluding hydrogens is 304 g/mol. The highest BCUT2D eigenvalue weighted by atomic mass is 16.5. The molecule has 0 atom stereocenters. The molecule has 24 heavy (non-hydrogen) atoms. The topological polar surface area (TPSA) is 79.9 Å². The quantitative estimate of drug-likeness (QED) is 0.755. The van der Waals surface area contributed by atoms with E-state index in [1.165, 1.54) is 0 Å². The monoisotopic (exact) mass is 322 g/mol. The fraction of sp³-hybridized carbons (Fsp3) is 0.167. The molecule has 0 amide bonds. The largest absolute Gasteiger partial charge is 0.497 e. The summed E-state index contributed by atoms with van der Waals surface area (Å²) < 4.78 is 5.12. The maximum atomic E-state index is 12.2. The van der Waals surface area contributed by atoms with Gasteiger partial charge in [-0.05, 0) is 36.8 Å². The Morgan fingerprint density at radius 3 is 2.38 bits per heavy atom. The predicted octanol–water partition coefficient (Wildman–Crippen LogP) is 2.82. The Kier molecular flexibility index (Phi) is 4.56. The molecule has 122 valence electrons. The molecule has 0 saturated carbocycles. The number of nitrogens with zero attached hydrogens (tertiary/aromatic N) is 2. The predicted molar refractivity (Wildman–Crippen MR) is 92.9 cm³/mol. The molecular formula is C18H18N4O2. The Hall–Kier alpha value is -3.15. The summed E-state index contributed by atoms with van der Waals surface area (Å²) in [7, 11) is 1.62. The molecule has 6 heteroatoms. The van der Waals surface area contributed by atoms with Crippen molar-refractivity contribution in [3.05, 3.63) is 75.7 Å². The molecule has 0 bridgehead atoms. The first-order valence-corrected chi connectivity index (χ1v) is 7.56. The summed E-state index contributed by atoms with van der Waals surface area (Å²) in [5, 5.41) is 11.1. The van der Waals surface area contributed by atoms with E-state index in [0.717, 1.165) is 22.6 Å². The van der Waals surface area contributed by atoms with Crippen LogP contribution in [0.3, 0.4) is 0 Å². The third kappa shape index (κ3) is 3.78. The van der Waals surface area contributed by atoms with Crippen LogP contribution in [0.4, 0.5) is 11.6 Å². The third-order valence-corrected chi connectivity index (χ3v) is 3.61. The van der Waals surface area contributed by atoms with E-state index in [9.17, 15) is 4.79 Å². The van der Waals surface area contributed by atoms with Gasteiger partial charge in [0.25, 0.3) is 5.56 Å². The van der Waals surface area contributed by atoms with E-state index in [4.69, 9.17) is 4.74 Å². The molecule has 1 aromatic heterocycles. The molecule has 3 aromatic rings. The summed E-state index contributed by atoms with van der Waals surface area (Å²) in [6, 6.07) is 15.3. The van der Waals surface area contributed by atoms with Gasteiger partial charge in [-0.3, -0.25) is 9.78 Å². The van der Waals surface area contributed by atoms with E-state index in [1.807, 2.05) is 55.5 Å². The standard InChI is InChI=1S/C18H18N4O2/c1-12-3-7-14(8-4-12)19-18-20-17(23)16(21-22-18)11-13-5-9-15(24-2)10-6-13/h3-10H,11H2,1-2H3,(H2,19,20,22,23). The third-order valence-electron chi connectivity index (χ3n) is 3.61. The van der Waals surface area contributed by atoms with E-state index in [2.05, 4.69) is 20.5 Å². The van der Waals surface area contributed by atoms with E-state index < -0.39 is 0 Å². The fourth-order valence-corrected chi connectivity index (χ4v) is 2.24. The number of H-pyrrole nitrogens is 1. The summed E-state index contributed by atoms with van der Waals surface area (Å²) in [4.78, 5) is 14.9. The zero-order valence-corrected chi connectivity index (χ0v) is 13.5. The van der Waals surface area contributed by atoms with Gasteiger partial charge < -0.3 is 10.1 Å². The van der Waals surface area contributed by atoms with Crippen LogP contribution in [0, 0.1) is 6.92 Å². The van der Waals surface area contributed by atoms with Crippen molar-refractivity contribution in [3.63, 3.8) is 0 Å². The highest BCUT2D eigenvalue weighted by Gasteiger charge is 2.07. The molecule has 1 heterocycles. The van der Waals surface area contributed by atoms with Crippen LogP contribution in [0.25, 0.3) is 0 Å². The molecule has 0 saturated heterocycles. The highest BCUT2D eigenvalue weighted by molar-refractivity contribution is 5.53. The van der Waals surface area contributed by atoms with E-state index in [1.54, 1.807) is 7.11 Å². The number of nitrogens with one attached hydrogen (secondary N) is 2. The van der Waals surface area contributed by atoms with Gasteiger partial charge in [-0.2, -0.15) is 0 Å². The maximum absolute atomic E-state index is 12.2. The number of ether oxygens (including phenoxy) is 1. The first kappa shape index (κ1) is 15.7. The number of rotatable bonds is 5. The lowest BCUT2D eigenvalue weighted by atomic mass is 10.1. The normalized spacial score (nSPS) is 10.4. The number of anilines is 2. The minimum Gasteiger partial charge on any atom is -0.497 e. The Labute approximate surface area is 139 Å². The molecule has 0 aliphatic heterocycles. The van der Waals surface area contributed by atoms with Gasteiger partial charge >= 0.3 is 0 Å². The molecule has 6 nitrogen and oxygen atoms in total. The van der Waals surface area contributed by atoms with E-state index in [0.29, 0.717) is 18.1 Å². The summed E-state index contributed by atoms with van der Waals surface area (Å²) in [6.45, 7) is 2.01. The summed E-state index contributed by atoms with van der Waals surface area (Å²) in [5.41, 5.74) is 3.09. The minimum atomic E-state index is -0.254. The van der Waals surface area contributed by atoms with Crippen molar-refractivity contribution in [2.75, 3.05) is 12.4 Å². The lowest BCUT2D eigenvalue weighted by Crippen LogP contribution is -2.18. The van der Waals surface area contributed by atoms with Crippen LogP contribution >= 0.6 is 0 Å². The number of hydrogen-bond acceptors (Lipinski definition) is 5. The Bertz CT molecular complexity index is 871. The van der Waals surface area contributed by atoms with Gasteiger partial charge in [0.1, 0.15) is 11.4 Å². The number of benzene rings is 2.